The van der Waals surface area contributed by atoms with E-state index in [0.29, 0.717) is 31.0 Å². The van der Waals surface area contributed by atoms with Gasteiger partial charge in [0.05, 0.1) is 17.8 Å². The van der Waals surface area contributed by atoms with E-state index in [9.17, 15) is 13.9 Å². The quantitative estimate of drug-likeness (QED) is 0.757. The van der Waals surface area contributed by atoms with E-state index in [1.54, 1.807) is 4.90 Å². The number of benzene rings is 1. The molecule has 1 unspecified atom stereocenters. The molecule has 1 fully saturated rings. The van der Waals surface area contributed by atoms with E-state index in [4.69, 9.17) is 4.74 Å². The number of ether oxygens (including phenoxy) is 1. The zero-order chi connectivity index (χ0) is 19.5. The molecule has 1 aromatic carbocycles. The zero-order valence-corrected chi connectivity index (χ0v) is 16.1. The average molecular weight is 406 g/mol. The van der Waals surface area contributed by atoms with Crippen LogP contribution in [-0.4, -0.2) is 47.1 Å². The van der Waals surface area contributed by atoms with E-state index in [1.165, 1.54) is 11.9 Å². The van der Waals surface area contributed by atoms with E-state index in [-0.39, 0.29) is 30.5 Å². The second kappa shape index (κ2) is 6.53. The Morgan fingerprint density at radius 2 is 2.14 bits per heavy atom. The lowest BCUT2D eigenvalue weighted by atomic mass is 10.00. The number of hydrogen-bond donors (Lipinski definition) is 2. The highest BCUT2D eigenvalue weighted by molar-refractivity contribution is 7.96. The van der Waals surface area contributed by atoms with Gasteiger partial charge in [-0.3, -0.25) is 4.72 Å². The Morgan fingerprint density at radius 1 is 1.32 bits per heavy atom. The van der Waals surface area contributed by atoms with Crippen LogP contribution >= 0.6 is 11.9 Å². The van der Waals surface area contributed by atoms with Crippen molar-refractivity contribution in [2.45, 2.75) is 30.9 Å². The molecule has 3 heterocycles. The molecule has 9 heteroatoms. The topological polar surface area (TPSA) is 70.5 Å². The lowest BCUT2D eigenvalue weighted by Gasteiger charge is -2.36. The molecule has 148 valence electrons. The Bertz CT molecular complexity index is 934. The fraction of sp³-hybridized carbons (Fsp3) is 0.474. The third-order valence-electron chi connectivity index (χ3n) is 5.50. The maximum atomic E-state index is 14.5. The van der Waals surface area contributed by atoms with Crippen LogP contribution in [0.2, 0.25) is 0 Å². The number of alkyl halides is 2. The highest BCUT2D eigenvalue weighted by Crippen LogP contribution is 2.45. The molecule has 1 atom stereocenters. The van der Waals surface area contributed by atoms with Gasteiger partial charge in [0.15, 0.2) is 0 Å². The first-order chi connectivity index (χ1) is 13.5. The van der Waals surface area contributed by atoms with Crippen LogP contribution in [0.5, 0.6) is 5.75 Å². The number of nitrogens with one attached hydrogen (secondary N) is 1. The first-order valence-corrected chi connectivity index (χ1v) is 10.5. The van der Waals surface area contributed by atoms with Crippen molar-refractivity contribution in [3.05, 3.63) is 35.0 Å². The molecule has 28 heavy (non-hydrogen) atoms. The van der Waals surface area contributed by atoms with Crippen LogP contribution in [0.25, 0.3) is 11.3 Å². The van der Waals surface area contributed by atoms with Crippen LogP contribution in [0.3, 0.4) is 0 Å². The second-order valence-electron chi connectivity index (χ2n) is 7.40. The Morgan fingerprint density at radius 3 is 2.89 bits per heavy atom. The van der Waals surface area contributed by atoms with Crippen LogP contribution in [0.4, 0.5) is 14.7 Å². The van der Waals surface area contributed by atoms with Gasteiger partial charge in [-0.25, -0.2) is 9.97 Å². The molecule has 5 rings (SSSR count). The summed E-state index contributed by atoms with van der Waals surface area (Å²) in [5.74, 6) is -1.89. The average Bonchev–Trinajstić information content (AvgIpc) is 3.19. The molecular weight excluding hydrogens is 386 g/mol. The molecule has 2 N–H and O–H groups in total. The molecule has 1 aromatic heterocycles. The molecule has 1 saturated heterocycles. The maximum absolute atomic E-state index is 14.5. The zero-order valence-electron chi connectivity index (χ0n) is 15.3. The summed E-state index contributed by atoms with van der Waals surface area (Å²) in [6, 6.07) is 5.77. The predicted molar refractivity (Wildman–Crippen MR) is 103 cm³/mol. The number of aliphatic hydroxyl groups is 1. The van der Waals surface area contributed by atoms with Crippen LogP contribution in [0.1, 0.15) is 29.3 Å². The van der Waals surface area contributed by atoms with E-state index < -0.39 is 12.0 Å². The summed E-state index contributed by atoms with van der Waals surface area (Å²) in [7, 11) is 0. The fourth-order valence-corrected chi connectivity index (χ4v) is 4.49. The molecule has 0 bridgehead atoms. The number of β-amino-alcohol motifs (C(OH)–C–C–N with tert-alkyl or cyclic N) is 1. The Hall–Kier alpha value is -1.97. The monoisotopic (exact) mass is 406 g/mol. The summed E-state index contributed by atoms with van der Waals surface area (Å²) in [5.41, 5.74) is 2.68. The minimum absolute atomic E-state index is 0.0475. The highest BCUT2D eigenvalue weighted by Gasteiger charge is 2.44. The van der Waals surface area contributed by atoms with E-state index >= 15 is 0 Å². The van der Waals surface area contributed by atoms with Crippen molar-refractivity contribution in [1.29, 1.82) is 0 Å². The molecule has 0 radical (unpaired) electrons. The molecule has 1 aliphatic carbocycles. The van der Waals surface area contributed by atoms with Gasteiger partial charge in [-0.15, -0.1) is 0 Å². The number of anilines is 1. The van der Waals surface area contributed by atoms with E-state index in [0.717, 1.165) is 16.9 Å². The number of aromatic nitrogens is 2. The highest BCUT2D eigenvalue weighted by atomic mass is 32.2. The normalized spacial score (nSPS) is 22.6. The molecule has 2 aromatic rings. The van der Waals surface area contributed by atoms with Gasteiger partial charge in [0.1, 0.15) is 18.1 Å². The smallest absolute Gasteiger partial charge is 0.290 e. The Kier molecular flexibility index (Phi) is 4.22. The number of aliphatic hydroxyl groups excluding tert-OH is 1. The predicted octanol–water partition coefficient (Wildman–Crippen LogP) is 2.66. The van der Waals surface area contributed by atoms with Crippen molar-refractivity contribution in [3.63, 3.8) is 0 Å². The lowest BCUT2D eigenvalue weighted by Crippen LogP contribution is -2.51. The minimum atomic E-state index is -2.95. The third-order valence-corrected chi connectivity index (χ3v) is 6.02. The van der Waals surface area contributed by atoms with Gasteiger partial charge in [0.25, 0.3) is 5.92 Å². The molecule has 0 amide bonds. The second-order valence-corrected chi connectivity index (χ2v) is 8.04. The van der Waals surface area contributed by atoms with E-state index in [2.05, 4.69) is 14.7 Å². The molecular formula is C19H20F2N4O2S. The van der Waals surface area contributed by atoms with Crippen molar-refractivity contribution in [2.75, 3.05) is 30.9 Å². The summed E-state index contributed by atoms with van der Waals surface area (Å²) >= 11 is 1.52. The van der Waals surface area contributed by atoms with Crippen molar-refractivity contribution >= 4 is 17.9 Å². The van der Waals surface area contributed by atoms with Crippen molar-refractivity contribution < 1.29 is 18.6 Å². The number of nitrogens with zero attached hydrogens (tertiary/aromatic N) is 3. The van der Waals surface area contributed by atoms with Crippen LogP contribution in [0, 0.1) is 0 Å². The van der Waals surface area contributed by atoms with Gasteiger partial charge < -0.3 is 14.7 Å². The number of rotatable bonds is 4. The van der Waals surface area contributed by atoms with Gasteiger partial charge in [-0.1, -0.05) is 11.9 Å². The molecule has 0 spiro atoms. The summed E-state index contributed by atoms with van der Waals surface area (Å²) in [5, 5.41) is 9.58. The SMILES string of the molecule is CSNC1COc2ccc(-c3nc(N4CC(O)C4)nc4c3CCC4(F)F)cc21. The fourth-order valence-electron chi connectivity index (χ4n) is 4.01. The Labute approximate surface area is 165 Å². The molecule has 6 nitrogen and oxygen atoms in total. The van der Waals surface area contributed by atoms with Gasteiger partial charge in [-0.05, 0) is 30.9 Å². The van der Waals surface area contributed by atoms with Crippen LogP contribution in [0.15, 0.2) is 18.2 Å². The summed E-state index contributed by atoms with van der Waals surface area (Å²) in [6.45, 7) is 1.26. The van der Waals surface area contributed by atoms with Gasteiger partial charge in [0, 0.05) is 36.2 Å². The first kappa shape index (κ1) is 18.1. The first-order valence-electron chi connectivity index (χ1n) is 9.24. The minimum Gasteiger partial charge on any atom is -0.491 e. The lowest BCUT2D eigenvalue weighted by molar-refractivity contribution is -0.00596. The molecule has 2 aliphatic heterocycles. The standard InChI is InChI=1S/C19H20F2N4O2S/c1-28-24-14-9-27-15-3-2-10(6-13(14)15)16-12-4-5-19(20,21)17(12)23-18(22-16)25-7-11(26)8-25/h2-3,6,11,14,24,26H,4-5,7-9H2,1H3. The van der Waals surface area contributed by atoms with Crippen molar-refractivity contribution in [2.24, 2.45) is 0 Å². The van der Waals surface area contributed by atoms with Crippen LogP contribution < -0.4 is 14.4 Å². The number of hydrogen-bond acceptors (Lipinski definition) is 7. The number of halogens is 2. The summed E-state index contributed by atoms with van der Waals surface area (Å²) < 4.78 is 37.9. The van der Waals surface area contributed by atoms with E-state index in [1.807, 2.05) is 24.5 Å². The largest absolute Gasteiger partial charge is 0.491 e. The summed E-state index contributed by atoms with van der Waals surface area (Å²) in [4.78, 5) is 10.5. The third kappa shape index (κ3) is 2.84. The molecule has 0 saturated carbocycles. The Balaban J connectivity index is 1.61. The van der Waals surface area contributed by atoms with Gasteiger partial charge in [0.2, 0.25) is 5.95 Å². The van der Waals surface area contributed by atoms with Gasteiger partial charge in [-0.2, -0.15) is 8.78 Å². The van der Waals surface area contributed by atoms with Crippen molar-refractivity contribution in [1.82, 2.24) is 14.7 Å². The maximum Gasteiger partial charge on any atom is 0.290 e. The number of fused-ring (bicyclic) bond motifs is 2. The van der Waals surface area contributed by atoms with Crippen LogP contribution in [-0.2, 0) is 12.3 Å². The van der Waals surface area contributed by atoms with Crippen molar-refractivity contribution in [3.8, 4) is 17.0 Å². The molecule has 3 aliphatic rings. The summed E-state index contributed by atoms with van der Waals surface area (Å²) in [6.07, 6.45) is 1.49. The van der Waals surface area contributed by atoms with Gasteiger partial charge >= 0.3 is 0 Å².